The van der Waals surface area contributed by atoms with E-state index in [0.29, 0.717) is 26.1 Å². The molecular weight excluding hydrogens is 200 g/mol. The summed E-state index contributed by atoms with van der Waals surface area (Å²) in [5, 5.41) is 15.9. The third kappa shape index (κ3) is 2.12. The van der Waals surface area contributed by atoms with Gasteiger partial charge in [-0.05, 0) is 0 Å². The normalized spacial score (nSPS) is 19.3. The van der Waals surface area contributed by atoms with Gasteiger partial charge in [-0.25, -0.2) is 4.98 Å². The number of aliphatic hydroxyl groups is 1. The minimum atomic E-state index is -0.571. The first-order chi connectivity index (χ1) is 6.72. The Morgan fingerprint density at radius 2 is 2.50 bits per heavy atom. The summed E-state index contributed by atoms with van der Waals surface area (Å²) in [4.78, 5) is 4.37. The highest BCUT2D eigenvalue weighted by Gasteiger charge is 2.34. The van der Waals surface area contributed by atoms with E-state index in [0.717, 1.165) is 10.7 Å². The van der Waals surface area contributed by atoms with Crippen molar-refractivity contribution in [1.82, 2.24) is 10.3 Å². The fraction of sp³-hybridized carbons (Fsp3) is 0.667. The quantitative estimate of drug-likeness (QED) is 0.750. The lowest BCUT2D eigenvalue weighted by molar-refractivity contribution is -0.00975. The van der Waals surface area contributed by atoms with E-state index in [9.17, 15) is 5.11 Å². The van der Waals surface area contributed by atoms with Gasteiger partial charge in [0, 0.05) is 32.0 Å². The van der Waals surface area contributed by atoms with Crippen LogP contribution in [0.15, 0.2) is 5.38 Å². The maximum atomic E-state index is 9.87. The molecule has 0 unspecified atom stereocenters. The number of rotatable bonds is 4. The van der Waals surface area contributed by atoms with Crippen LogP contribution in [0.4, 0.5) is 0 Å². The number of nitrogens with zero attached hydrogens (tertiary/aromatic N) is 1. The molecule has 0 radical (unpaired) electrons. The minimum absolute atomic E-state index is 0.557. The van der Waals surface area contributed by atoms with Crippen LogP contribution in [0.25, 0.3) is 0 Å². The van der Waals surface area contributed by atoms with Crippen LogP contribution in [-0.4, -0.2) is 35.9 Å². The van der Waals surface area contributed by atoms with Gasteiger partial charge in [-0.2, -0.15) is 0 Å². The van der Waals surface area contributed by atoms with E-state index in [-0.39, 0.29) is 0 Å². The molecule has 1 aliphatic rings. The molecule has 14 heavy (non-hydrogen) atoms. The smallest absolute Gasteiger partial charge is 0.119 e. The van der Waals surface area contributed by atoms with Gasteiger partial charge < -0.3 is 15.2 Å². The molecule has 0 amide bonds. The summed E-state index contributed by atoms with van der Waals surface area (Å²) in [6.45, 7) is 1.90. The second kappa shape index (κ2) is 3.94. The van der Waals surface area contributed by atoms with Crippen LogP contribution in [0.5, 0.6) is 0 Å². The standard InChI is InChI=1S/C9H14N2O2S/c1-13-3-8-11-7(4-14-8)2-9(12)5-10-6-9/h4,10,12H,2-3,5-6H2,1H3. The molecule has 1 saturated heterocycles. The topological polar surface area (TPSA) is 54.4 Å². The number of nitrogens with one attached hydrogen (secondary N) is 1. The summed E-state index contributed by atoms with van der Waals surface area (Å²) in [6, 6.07) is 0. The predicted octanol–water partition coefficient (Wildman–Crippen LogP) is 0.166. The fourth-order valence-corrected chi connectivity index (χ4v) is 2.26. The summed E-state index contributed by atoms with van der Waals surface area (Å²) in [7, 11) is 1.66. The number of aromatic nitrogens is 1. The van der Waals surface area contributed by atoms with Gasteiger partial charge in [-0.3, -0.25) is 0 Å². The third-order valence-electron chi connectivity index (χ3n) is 2.29. The highest BCUT2D eigenvalue weighted by atomic mass is 32.1. The number of methoxy groups -OCH3 is 1. The molecule has 1 aromatic rings. The highest BCUT2D eigenvalue weighted by molar-refractivity contribution is 7.09. The van der Waals surface area contributed by atoms with Crippen LogP contribution in [-0.2, 0) is 17.8 Å². The molecule has 1 aliphatic heterocycles. The van der Waals surface area contributed by atoms with Crippen LogP contribution in [0, 0.1) is 0 Å². The van der Waals surface area contributed by atoms with Gasteiger partial charge in [0.25, 0.3) is 0 Å². The van der Waals surface area contributed by atoms with Gasteiger partial charge in [0.2, 0.25) is 0 Å². The second-order valence-electron chi connectivity index (χ2n) is 3.67. The summed E-state index contributed by atoms with van der Waals surface area (Å²) in [6.07, 6.45) is 0.639. The van der Waals surface area contributed by atoms with E-state index in [1.807, 2.05) is 5.38 Å². The van der Waals surface area contributed by atoms with Gasteiger partial charge in [0.15, 0.2) is 0 Å². The van der Waals surface area contributed by atoms with E-state index >= 15 is 0 Å². The molecule has 0 spiro atoms. The molecule has 5 heteroatoms. The summed E-state index contributed by atoms with van der Waals surface area (Å²) >= 11 is 1.58. The molecule has 0 saturated carbocycles. The lowest BCUT2D eigenvalue weighted by atomic mass is 9.92. The molecule has 2 rings (SSSR count). The van der Waals surface area contributed by atoms with Crippen molar-refractivity contribution in [2.45, 2.75) is 18.6 Å². The van der Waals surface area contributed by atoms with Gasteiger partial charge in [0.05, 0.1) is 17.9 Å². The minimum Gasteiger partial charge on any atom is -0.387 e. The molecule has 0 atom stereocenters. The van der Waals surface area contributed by atoms with Crippen molar-refractivity contribution < 1.29 is 9.84 Å². The second-order valence-corrected chi connectivity index (χ2v) is 4.61. The maximum Gasteiger partial charge on any atom is 0.119 e. The number of thiazole rings is 1. The largest absolute Gasteiger partial charge is 0.387 e. The third-order valence-corrected chi connectivity index (χ3v) is 3.16. The van der Waals surface area contributed by atoms with E-state index in [4.69, 9.17) is 4.74 Å². The summed E-state index contributed by atoms with van der Waals surface area (Å²) < 4.78 is 4.98. The van der Waals surface area contributed by atoms with Crippen LogP contribution in [0.1, 0.15) is 10.7 Å². The van der Waals surface area contributed by atoms with Crippen LogP contribution in [0.2, 0.25) is 0 Å². The van der Waals surface area contributed by atoms with Crippen molar-refractivity contribution in [2.24, 2.45) is 0 Å². The lowest BCUT2D eigenvalue weighted by Crippen LogP contribution is -2.60. The average Bonchev–Trinajstić information content (AvgIpc) is 2.51. The molecule has 2 heterocycles. The van der Waals surface area contributed by atoms with Gasteiger partial charge in [-0.1, -0.05) is 0 Å². The highest BCUT2D eigenvalue weighted by Crippen LogP contribution is 2.19. The molecule has 1 aromatic heterocycles. The number of ether oxygens (including phenoxy) is 1. The molecule has 78 valence electrons. The zero-order valence-electron chi connectivity index (χ0n) is 8.12. The van der Waals surface area contributed by atoms with E-state index < -0.39 is 5.60 Å². The monoisotopic (exact) mass is 214 g/mol. The van der Waals surface area contributed by atoms with Crippen molar-refractivity contribution in [2.75, 3.05) is 20.2 Å². The van der Waals surface area contributed by atoms with Crippen LogP contribution in [0.3, 0.4) is 0 Å². The molecule has 0 aromatic carbocycles. The van der Waals surface area contributed by atoms with E-state index in [2.05, 4.69) is 10.3 Å². The summed E-state index contributed by atoms with van der Waals surface area (Å²) in [5.41, 5.74) is 0.393. The Bertz CT molecular complexity index is 310. The van der Waals surface area contributed by atoms with Crippen LogP contribution >= 0.6 is 11.3 Å². The Hall–Kier alpha value is -0.490. The van der Waals surface area contributed by atoms with Gasteiger partial charge in [-0.15, -0.1) is 11.3 Å². The molecule has 0 aliphatic carbocycles. The molecule has 4 nitrogen and oxygen atoms in total. The Morgan fingerprint density at radius 3 is 3.07 bits per heavy atom. The van der Waals surface area contributed by atoms with E-state index in [1.165, 1.54) is 0 Å². The van der Waals surface area contributed by atoms with Crippen molar-refractivity contribution in [3.63, 3.8) is 0 Å². The fourth-order valence-electron chi connectivity index (χ4n) is 1.50. The number of β-amino-alcohol motifs (C(OH)–C–C–N with tert-alkyl or cyclic N) is 1. The number of hydrogen-bond donors (Lipinski definition) is 2. The molecule has 1 fully saturated rings. The first kappa shape index (κ1) is 10.0. The Morgan fingerprint density at radius 1 is 1.71 bits per heavy atom. The van der Waals surface area contributed by atoms with Crippen molar-refractivity contribution >= 4 is 11.3 Å². The zero-order valence-corrected chi connectivity index (χ0v) is 8.93. The van der Waals surface area contributed by atoms with E-state index in [1.54, 1.807) is 18.4 Å². The summed E-state index contributed by atoms with van der Waals surface area (Å²) in [5.74, 6) is 0. The lowest BCUT2D eigenvalue weighted by Gasteiger charge is -2.37. The Labute approximate surface area is 86.9 Å². The Kier molecular flexibility index (Phi) is 2.83. The Balaban J connectivity index is 1.95. The van der Waals surface area contributed by atoms with Crippen LogP contribution < -0.4 is 5.32 Å². The average molecular weight is 214 g/mol. The van der Waals surface area contributed by atoms with Gasteiger partial charge in [0.1, 0.15) is 5.01 Å². The van der Waals surface area contributed by atoms with Crippen molar-refractivity contribution in [3.8, 4) is 0 Å². The van der Waals surface area contributed by atoms with Crippen molar-refractivity contribution in [1.29, 1.82) is 0 Å². The molecule has 0 bridgehead atoms. The van der Waals surface area contributed by atoms with Crippen molar-refractivity contribution in [3.05, 3.63) is 16.1 Å². The predicted molar refractivity (Wildman–Crippen MR) is 54.4 cm³/mol. The SMILES string of the molecule is COCc1nc(CC2(O)CNC2)cs1. The first-order valence-corrected chi connectivity index (χ1v) is 5.45. The molecule has 2 N–H and O–H groups in total. The zero-order chi connectivity index (χ0) is 10.0. The first-order valence-electron chi connectivity index (χ1n) is 4.57. The maximum absolute atomic E-state index is 9.87. The number of hydrogen-bond acceptors (Lipinski definition) is 5. The molecular formula is C9H14N2O2S. The van der Waals surface area contributed by atoms with Gasteiger partial charge >= 0.3 is 0 Å².